The Morgan fingerprint density at radius 2 is 2.33 bits per heavy atom. The molecule has 0 radical (unpaired) electrons. The lowest BCUT2D eigenvalue weighted by atomic mass is 10.1. The van der Waals surface area contributed by atoms with Crippen molar-refractivity contribution in [1.29, 1.82) is 0 Å². The van der Waals surface area contributed by atoms with E-state index in [1.807, 2.05) is 6.07 Å². The largest absolute Gasteiger partial charge is 0.497 e. The first-order valence-electron chi connectivity index (χ1n) is 4.69. The molecule has 0 bridgehead atoms. The summed E-state index contributed by atoms with van der Waals surface area (Å²) in [5, 5.41) is 9.40. The van der Waals surface area contributed by atoms with Crippen LogP contribution >= 0.6 is 11.6 Å². The van der Waals surface area contributed by atoms with Crippen molar-refractivity contribution in [2.24, 2.45) is 5.92 Å². The molecule has 1 aromatic rings. The van der Waals surface area contributed by atoms with E-state index in [2.05, 4.69) is 0 Å². The first kappa shape index (κ1) is 10.3. The molecule has 2 rings (SSSR count). The van der Waals surface area contributed by atoms with Crippen LogP contribution in [0.25, 0.3) is 0 Å². The van der Waals surface area contributed by atoms with E-state index in [9.17, 15) is 4.79 Å². The van der Waals surface area contributed by atoms with E-state index in [-0.39, 0.29) is 11.8 Å². The monoisotopic (exact) mass is 226 g/mol. The van der Waals surface area contributed by atoms with Crippen molar-refractivity contribution in [2.75, 3.05) is 7.11 Å². The van der Waals surface area contributed by atoms with E-state index < -0.39 is 5.97 Å². The van der Waals surface area contributed by atoms with Crippen molar-refractivity contribution < 1.29 is 14.6 Å². The van der Waals surface area contributed by atoms with E-state index in [1.54, 1.807) is 19.2 Å². The highest BCUT2D eigenvalue weighted by atomic mass is 35.5. The molecule has 2 unspecified atom stereocenters. The summed E-state index contributed by atoms with van der Waals surface area (Å²) in [4.78, 5) is 10.7. The number of hydrogen-bond donors (Lipinski definition) is 1. The predicted molar refractivity (Wildman–Crippen MR) is 56.5 cm³/mol. The van der Waals surface area contributed by atoms with Crippen LogP contribution in [-0.2, 0) is 4.79 Å². The Kier molecular flexibility index (Phi) is 2.57. The van der Waals surface area contributed by atoms with Gasteiger partial charge >= 0.3 is 5.97 Å². The summed E-state index contributed by atoms with van der Waals surface area (Å²) >= 11 is 6.04. The molecule has 1 aliphatic rings. The van der Waals surface area contributed by atoms with Gasteiger partial charge in [-0.1, -0.05) is 17.7 Å². The van der Waals surface area contributed by atoms with Crippen LogP contribution < -0.4 is 4.74 Å². The topological polar surface area (TPSA) is 46.5 Å². The van der Waals surface area contributed by atoms with Gasteiger partial charge in [-0.25, -0.2) is 0 Å². The average Bonchev–Trinajstić information content (AvgIpc) is 2.97. The molecule has 1 N–H and O–H groups in total. The number of rotatable bonds is 3. The lowest BCUT2D eigenvalue weighted by Crippen LogP contribution is -1.99. The number of aliphatic carboxylic acids is 1. The van der Waals surface area contributed by atoms with Crippen LogP contribution in [0.4, 0.5) is 0 Å². The molecular formula is C11H11ClO3. The molecule has 1 saturated carbocycles. The molecule has 3 nitrogen and oxygen atoms in total. The third-order valence-electron chi connectivity index (χ3n) is 2.71. The highest BCUT2D eigenvalue weighted by molar-refractivity contribution is 6.31. The minimum absolute atomic E-state index is 0.0703. The zero-order valence-electron chi connectivity index (χ0n) is 8.24. The number of benzene rings is 1. The third-order valence-corrected chi connectivity index (χ3v) is 3.04. The molecule has 1 aliphatic carbocycles. The molecule has 0 aliphatic heterocycles. The summed E-state index contributed by atoms with van der Waals surface area (Å²) in [7, 11) is 1.57. The molecule has 0 saturated heterocycles. The first-order valence-corrected chi connectivity index (χ1v) is 5.07. The Labute approximate surface area is 92.6 Å². The van der Waals surface area contributed by atoms with Gasteiger partial charge < -0.3 is 9.84 Å². The minimum atomic E-state index is -0.744. The van der Waals surface area contributed by atoms with Gasteiger partial charge in [0, 0.05) is 5.02 Å². The Morgan fingerprint density at radius 3 is 2.80 bits per heavy atom. The molecule has 80 valence electrons. The quantitative estimate of drug-likeness (QED) is 0.862. The highest BCUT2D eigenvalue weighted by Crippen LogP contribution is 2.50. The van der Waals surface area contributed by atoms with Gasteiger partial charge in [-0.2, -0.15) is 0 Å². The van der Waals surface area contributed by atoms with E-state index in [4.69, 9.17) is 21.4 Å². The van der Waals surface area contributed by atoms with Crippen molar-refractivity contribution in [1.82, 2.24) is 0 Å². The Hall–Kier alpha value is -1.22. The summed E-state index contributed by atoms with van der Waals surface area (Å²) in [6.07, 6.45) is 0.682. The number of carboxylic acid groups (broad SMARTS) is 1. The second-order valence-corrected chi connectivity index (χ2v) is 4.08. The van der Waals surface area contributed by atoms with Crippen molar-refractivity contribution in [2.45, 2.75) is 12.3 Å². The van der Waals surface area contributed by atoms with Gasteiger partial charge in [-0.05, 0) is 30.0 Å². The van der Waals surface area contributed by atoms with Crippen molar-refractivity contribution in [3.8, 4) is 5.75 Å². The Balaban J connectivity index is 2.21. The molecular weight excluding hydrogens is 216 g/mol. The number of carboxylic acids is 1. The summed E-state index contributed by atoms with van der Waals surface area (Å²) < 4.78 is 5.02. The number of hydrogen-bond acceptors (Lipinski definition) is 2. The molecule has 1 aromatic carbocycles. The smallest absolute Gasteiger partial charge is 0.307 e. The molecule has 0 amide bonds. The van der Waals surface area contributed by atoms with Crippen LogP contribution in [0, 0.1) is 5.92 Å². The fraction of sp³-hybridized carbons (Fsp3) is 0.364. The van der Waals surface area contributed by atoms with Crippen molar-refractivity contribution >= 4 is 17.6 Å². The van der Waals surface area contributed by atoms with Crippen molar-refractivity contribution in [3.05, 3.63) is 28.8 Å². The SMILES string of the molecule is COc1ccc(C2CC2C(=O)O)c(Cl)c1. The lowest BCUT2D eigenvalue weighted by molar-refractivity contribution is -0.138. The van der Waals surface area contributed by atoms with Crippen LogP contribution in [-0.4, -0.2) is 18.2 Å². The van der Waals surface area contributed by atoms with Gasteiger partial charge in [0.05, 0.1) is 13.0 Å². The molecule has 0 aromatic heterocycles. The second-order valence-electron chi connectivity index (χ2n) is 3.67. The van der Waals surface area contributed by atoms with Gasteiger partial charge in [0.2, 0.25) is 0 Å². The zero-order valence-corrected chi connectivity index (χ0v) is 8.99. The molecule has 2 atom stereocenters. The summed E-state index contributed by atoms with van der Waals surface area (Å²) in [6, 6.07) is 5.36. The molecule has 15 heavy (non-hydrogen) atoms. The highest BCUT2D eigenvalue weighted by Gasteiger charge is 2.45. The second kappa shape index (κ2) is 3.74. The molecule has 1 fully saturated rings. The maximum Gasteiger partial charge on any atom is 0.307 e. The molecule has 4 heteroatoms. The van der Waals surface area contributed by atoms with Crippen LogP contribution in [0.1, 0.15) is 17.9 Å². The first-order chi connectivity index (χ1) is 7.13. The predicted octanol–water partition coefficient (Wildman–Crippen LogP) is 2.54. The minimum Gasteiger partial charge on any atom is -0.497 e. The van der Waals surface area contributed by atoms with Gasteiger partial charge in [0.25, 0.3) is 0 Å². The van der Waals surface area contributed by atoms with E-state index in [0.717, 1.165) is 5.56 Å². The number of halogens is 1. The number of ether oxygens (including phenoxy) is 1. The van der Waals surface area contributed by atoms with Gasteiger partial charge in [-0.3, -0.25) is 4.79 Å². The average molecular weight is 227 g/mol. The van der Waals surface area contributed by atoms with Gasteiger partial charge in [0.15, 0.2) is 0 Å². The maximum absolute atomic E-state index is 10.7. The van der Waals surface area contributed by atoms with Crippen LogP contribution in [0.5, 0.6) is 5.75 Å². The fourth-order valence-corrected chi connectivity index (χ4v) is 2.06. The fourth-order valence-electron chi connectivity index (χ4n) is 1.75. The van der Waals surface area contributed by atoms with Gasteiger partial charge in [0.1, 0.15) is 5.75 Å². The third kappa shape index (κ3) is 1.92. The molecule has 0 heterocycles. The van der Waals surface area contributed by atoms with E-state index >= 15 is 0 Å². The normalized spacial score (nSPS) is 23.6. The van der Waals surface area contributed by atoms with Crippen LogP contribution in [0.3, 0.4) is 0 Å². The summed E-state index contributed by atoms with van der Waals surface area (Å²) in [6.45, 7) is 0. The number of methoxy groups -OCH3 is 1. The molecule has 0 spiro atoms. The lowest BCUT2D eigenvalue weighted by Gasteiger charge is -2.05. The van der Waals surface area contributed by atoms with Crippen molar-refractivity contribution in [3.63, 3.8) is 0 Å². The summed E-state index contributed by atoms with van der Waals surface area (Å²) in [5.41, 5.74) is 0.907. The number of carbonyl (C=O) groups is 1. The maximum atomic E-state index is 10.7. The van der Waals surface area contributed by atoms with E-state index in [1.165, 1.54) is 0 Å². The summed E-state index contributed by atoms with van der Waals surface area (Å²) in [5.74, 6) is -0.250. The zero-order chi connectivity index (χ0) is 11.0. The standard InChI is InChI=1S/C11H11ClO3/c1-15-6-2-3-7(10(12)4-6)8-5-9(8)11(13)14/h2-4,8-9H,5H2,1H3,(H,13,14). The van der Waals surface area contributed by atoms with Crippen LogP contribution in [0.2, 0.25) is 5.02 Å². The Morgan fingerprint density at radius 1 is 1.60 bits per heavy atom. The van der Waals surface area contributed by atoms with Gasteiger partial charge in [-0.15, -0.1) is 0 Å². The Bertz CT molecular complexity index is 403. The van der Waals surface area contributed by atoms with E-state index in [0.29, 0.717) is 17.2 Å². The van der Waals surface area contributed by atoms with Crippen LogP contribution in [0.15, 0.2) is 18.2 Å².